The molecule has 0 saturated heterocycles. The molecule has 8 aromatic carbocycles. The number of nitrogens with zero attached hydrogens (tertiary/aromatic N) is 9. The van der Waals surface area contributed by atoms with E-state index in [1.54, 1.807) is 89.3 Å². The third kappa shape index (κ3) is 18.8. The molecule has 27 nitrogen and oxygen atoms in total. The molecule has 0 spiro atoms. The highest BCUT2D eigenvalue weighted by atomic mass is 32.1. The van der Waals surface area contributed by atoms with Crippen molar-refractivity contribution in [2.45, 2.75) is 73.6 Å². The Bertz CT molecular complexity index is 6330. The lowest BCUT2D eigenvalue weighted by atomic mass is 9.97. The van der Waals surface area contributed by atoms with E-state index in [1.807, 2.05) is 143 Å². The number of aryl methyl sites for hydroxylation is 3. The normalized spacial score (nSPS) is 13.1. The number of thiazole rings is 1. The van der Waals surface area contributed by atoms with Crippen molar-refractivity contribution >= 4 is 114 Å². The van der Waals surface area contributed by atoms with Gasteiger partial charge in [-0.3, -0.25) is 44.8 Å². The number of benzene rings is 8. The molecule has 0 radical (unpaired) electrons. The van der Waals surface area contributed by atoms with E-state index in [2.05, 4.69) is 51.5 Å². The summed E-state index contributed by atoms with van der Waals surface area (Å²) in [7, 11) is 0. The van der Waals surface area contributed by atoms with Gasteiger partial charge in [0.25, 0.3) is 17.0 Å². The number of carbonyl (C=O) groups excluding carboxylic acids is 3. The van der Waals surface area contributed by atoms with Crippen LogP contribution in [-0.2, 0) is 16.0 Å². The Morgan fingerprint density at radius 1 is 0.681 bits per heavy atom. The van der Waals surface area contributed by atoms with Crippen molar-refractivity contribution in [3.63, 3.8) is 0 Å². The lowest BCUT2D eigenvalue weighted by molar-refractivity contribution is -0.119. The fourth-order valence-electron chi connectivity index (χ4n) is 12.9. The molecule has 16 rings (SSSR count). The predicted octanol–water partition coefficient (Wildman–Crippen LogP) is 13.0. The summed E-state index contributed by atoms with van der Waals surface area (Å²) in [5, 5.41) is 73.5. The average Bonchev–Trinajstić information content (AvgIpc) is 1.69. The van der Waals surface area contributed by atoms with E-state index >= 15 is 0 Å². The number of phenolic OH excluding ortho intramolecular Hbond substituents is 5. The number of phenols is 5. The van der Waals surface area contributed by atoms with Gasteiger partial charge in [-0.25, -0.2) is 35.6 Å². The van der Waals surface area contributed by atoms with E-state index in [-0.39, 0.29) is 63.3 Å². The zero-order valence-corrected chi connectivity index (χ0v) is 64.8. The summed E-state index contributed by atoms with van der Waals surface area (Å²) < 4.78 is 14.8. The minimum Gasteiger partial charge on any atom is -0.508 e. The number of furan rings is 1. The van der Waals surface area contributed by atoms with Crippen LogP contribution in [0.15, 0.2) is 251 Å². The van der Waals surface area contributed by atoms with Gasteiger partial charge in [0.15, 0.2) is 22.2 Å². The third-order valence-electron chi connectivity index (χ3n) is 18.7. The summed E-state index contributed by atoms with van der Waals surface area (Å²) in [5.41, 5.74) is 23.1. The fourth-order valence-corrected chi connectivity index (χ4v) is 13.9. The number of anilines is 1. The molecule has 5 aromatic heterocycles. The van der Waals surface area contributed by atoms with Gasteiger partial charge in [-0.15, -0.1) is 0 Å². The van der Waals surface area contributed by atoms with E-state index in [1.165, 1.54) is 59.0 Å². The van der Waals surface area contributed by atoms with Gasteiger partial charge < -0.3 is 39.8 Å². The number of hydrazone groups is 3. The first-order valence-electron chi connectivity index (χ1n) is 37.0. The van der Waals surface area contributed by atoms with Gasteiger partial charge >= 0.3 is 5.91 Å². The van der Waals surface area contributed by atoms with Crippen molar-refractivity contribution in [3.05, 3.63) is 293 Å². The van der Waals surface area contributed by atoms with Crippen LogP contribution in [0.25, 0.3) is 55.0 Å². The van der Waals surface area contributed by atoms with Crippen LogP contribution in [0.5, 0.6) is 40.4 Å². The van der Waals surface area contributed by atoms with Crippen LogP contribution in [0.3, 0.4) is 0 Å². The highest BCUT2D eigenvalue weighted by Crippen LogP contribution is 2.36. The fraction of sp³-hybridized carbons (Fsp3) is 0.159. The highest BCUT2D eigenvalue weighted by Gasteiger charge is 2.29. The molecule has 0 atom stereocenters. The minimum absolute atomic E-state index is 0.0257. The monoisotopic (exact) mass is 1570 g/mol. The number of rotatable bonds is 17. The molecule has 0 unspecified atom stereocenters. The first kappa shape index (κ1) is 80.9. The van der Waals surface area contributed by atoms with Crippen molar-refractivity contribution in [2.75, 3.05) is 25.1 Å². The van der Waals surface area contributed by atoms with Gasteiger partial charge in [0, 0.05) is 45.8 Å². The number of nitrogen functional groups attached to an aromatic ring is 1. The van der Waals surface area contributed by atoms with Crippen molar-refractivity contribution < 1.29 is 54.2 Å². The second-order valence-electron chi connectivity index (χ2n) is 26.7. The number of amides is 3. The zero-order chi connectivity index (χ0) is 82.1. The number of nitrogens with two attached hydrogens (primary N) is 1. The number of hydrazine groups is 1. The maximum Gasteiger partial charge on any atom is 0.300 e. The van der Waals surface area contributed by atoms with Gasteiger partial charge in [0.2, 0.25) is 11.8 Å². The Labute approximate surface area is 668 Å². The van der Waals surface area contributed by atoms with Gasteiger partial charge in [-0.2, -0.15) is 15.3 Å². The summed E-state index contributed by atoms with van der Waals surface area (Å²) in [4.78, 5) is 78.7. The van der Waals surface area contributed by atoms with E-state index < -0.39 is 5.91 Å². The number of allylic oxidation sites excluding steroid dienone is 1. The largest absolute Gasteiger partial charge is 0.508 e. The topological polar surface area (TPSA) is 400 Å². The second kappa shape index (κ2) is 37.1. The molecule has 0 fully saturated rings. The Morgan fingerprint density at radius 2 is 1.44 bits per heavy atom. The molecular weight excluding hydrogens is 1490 g/mol. The van der Waals surface area contributed by atoms with Crippen molar-refractivity contribution in [1.82, 2.24) is 35.2 Å². The Hall–Kier alpha value is -14.6. The summed E-state index contributed by atoms with van der Waals surface area (Å²) in [6.45, 7) is 12.7. The molecule has 3 amide bonds. The number of aromatic hydroxyl groups is 6. The van der Waals surface area contributed by atoms with Crippen LogP contribution in [0.4, 0.5) is 5.82 Å². The summed E-state index contributed by atoms with van der Waals surface area (Å²) in [5.74, 6) is 5.66. The summed E-state index contributed by atoms with van der Waals surface area (Å²) >= 11 is 1.41. The van der Waals surface area contributed by atoms with Crippen LogP contribution in [0.1, 0.15) is 114 Å². The van der Waals surface area contributed by atoms with Crippen LogP contribution >= 0.6 is 11.3 Å². The molecule has 12 N–H and O–H groups in total. The van der Waals surface area contributed by atoms with Crippen molar-refractivity contribution in [3.8, 4) is 46.1 Å². The molecule has 1 aliphatic carbocycles. The Morgan fingerprint density at radius 3 is 2.21 bits per heavy atom. The number of imidazole rings is 1. The van der Waals surface area contributed by atoms with Gasteiger partial charge in [0.05, 0.1) is 75.9 Å². The number of nitrogens with one attached hydrogen (secondary N) is 4. The minimum atomic E-state index is -0.527. The number of ether oxygens (including phenoxy) is 1. The van der Waals surface area contributed by atoms with Crippen LogP contribution in [-0.4, -0.2) is 117 Å². The van der Waals surface area contributed by atoms with E-state index in [4.69, 9.17) is 15.0 Å². The number of hydrogen-bond acceptors (Lipinski definition) is 23. The first-order chi connectivity index (χ1) is 56.1. The van der Waals surface area contributed by atoms with Crippen molar-refractivity contribution in [2.24, 2.45) is 31.1 Å². The third-order valence-corrected chi connectivity index (χ3v) is 19.7. The Balaban J connectivity index is 0.000000134. The average molecular weight is 1580 g/mol. The maximum absolute atomic E-state index is 12.8. The molecule has 0 saturated carbocycles. The predicted molar refractivity (Wildman–Crippen MR) is 453 cm³/mol. The summed E-state index contributed by atoms with van der Waals surface area (Å²) in [6, 6.07) is 57.2. The van der Waals surface area contributed by atoms with Crippen LogP contribution in [0.2, 0.25) is 0 Å². The number of aromatic nitrogens is 4. The van der Waals surface area contributed by atoms with E-state index in [0.29, 0.717) is 98.1 Å². The van der Waals surface area contributed by atoms with Crippen LogP contribution in [0, 0.1) is 13.8 Å². The lowest BCUT2D eigenvalue weighted by Crippen LogP contribution is -2.29. The van der Waals surface area contributed by atoms with E-state index in [9.17, 15) is 54.6 Å². The van der Waals surface area contributed by atoms with Crippen LogP contribution < -0.4 is 47.9 Å². The number of carbonyl (C=O) groups is 3. The molecule has 28 heteroatoms. The molecule has 7 heterocycles. The SMILES string of the molecule is C/C(=N\NC(=O)C1=NCC2=C1CCC2)c1ccc(O)c(C)c1.CC(=O)NN=Cc1c(O)n(-c2ccccc2)c(=O)c2ccccc12.CCCc1cc(C2=NCC=C2c2ccc(C(=O)NN)o2)c(O)cc1O.CCOc1cc(/C=c2\sc3nc4ccccc4n3c2=O)ccc1C.Oc1cccc(C=NNc2ccc3ccccc3n2)c1O. The number of hydrogen-bond donors (Lipinski definition) is 11. The zero-order valence-electron chi connectivity index (χ0n) is 64.0. The van der Waals surface area contributed by atoms with Gasteiger partial charge in [-0.1, -0.05) is 110 Å². The molecule has 3 aliphatic rings. The quantitative estimate of drug-likeness (QED) is 0.0133. The molecule has 0 bridgehead atoms. The lowest BCUT2D eigenvalue weighted by Gasteiger charge is -2.13. The molecule has 588 valence electrons. The maximum atomic E-state index is 12.8. The molecular formula is C88H82N14O13S. The molecule has 116 heavy (non-hydrogen) atoms. The second-order valence-corrected chi connectivity index (χ2v) is 27.7. The van der Waals surface area contributed by atoms with Crippen molar-refractivity contribution in [1.29, 1.82) is 0 Å². The number of pyridine rings is 2. The van der Waals surface area contributed by atoms with Gasteiger partial charge in [-0.05, 0) is 208 Å². The van der Waals surface area contributed by atoms with Gasteiger partial charge in [0.1, 0.15) is 40.3 Å². The first-order valence-corrected chi connectivity index (χ1v) is 37.8. The standard InChI is InChI=1S/C19H16N2O2S.C18H19N3O4.C18H15N3O3.C17H19N3O2.C16H13N3O2/c1-3-23-16-10-13(9-8-12(16)2)11-17-18(22)21-15-7-5-4-6-14(15)20-19(21)24-17;1-2-3-10-8-12(14(23)9-13(10)22)17-11(6-7-20-17)15-4-5-16(25-15)18(24)21-19;1-12(22)20-19-11-16-14-9-5-6-10-15(14)17(23)21(18(16)24)13-7-3-2-4-8-13;1-10-8-12(6-7-15(10)21)11(2)19-20-17(22)16-14-5-3-4-13(14)9-18-16;20-14-7-3-5-12(16(14)21)10-17-19-15-9-8-11-4-1-2-6-13(11)18-15/h4-11H,3H2,1-2H3;4-6,8-9,22-23H,2-3,7,19H2,1H3,(H,21,24);2-11,24H,1H3,(H,20,22);6-8,21H,3-5,9H2,1-2H3,(H,20,22);1-10,20-21H,(H,18,19)/b17-11-;;;19-11+;. The van der Waals surface area contributed by atoms with E-state index in [0.717, 1.165) is 91.7 Å². The summed E-state index contributed by atoms with van der Waals surface area (Å²) in [6.07, 6.45) is 11.2. The number of para-hydroxylation sites is 5. The number of fused-ring (bicyclic) bond motifs is 5. The molecule has 13 aromatic rings. The Kier molecular flexibility index (Phi) is 25.9. The highest BCUT2D eigenvalue weighted by molar-refractivity contribution is 7.15. The number of aliphatic imine (C=N–C) groups is 2. The molecule has 2 aliphatic heterocycles. The smallest absolute Gasteiger partial charge is 0.300 e.